The van der Waals surface area contributed by atoms with Crippen molar-refractivity contribution in [1.82, 2.24) is 5.32 Å². The molecule has 1 atom stereocenters. The van der Waals surface area contributed by atoms with Gasteiger partial charge in [-0.3, -0.25) is 4.79 Å². The van der Waals surface area contributed by atoms with Crippen molar-refractivity contribution in [3.63, 3.8) is 0 Å². The van der Waals surface area contributed by atoms with E-state index in [0.29, 0.717) is 5.56 Å². The summed E-state index contributed by atoms with van der Waals surface area (Å²) in [5, 5.41) is 3.16. The van der Waals surface area contributed by atoms with Crippen LogP contribution in [0.3, 0.4) is 0 Å². The summed E-state index contributed by atoms with van der Waals surface area (Å²) < 4.78 is 5.15. The lowest BCUT2D eigenvalue weighted by atomic mass is 9.94. The minimum absolute atomic E-state index is 0.111. The van der Waals surface area contributed by atoms with Gasteiger partial charge in [0.2, 0.25) is 0 Å². The maximum absolute atomic E-state index is 12.8. The van der Waals surface area contributed by atoms with Crippen molar-refractivity contribution >= 4 is 5.91 Å². The second kappa shape index (κ2) is 7.67. The summed E-state index contributed by atoms with van der Waals surface area (Å²) in [4.78, 5) is 12.8. The molecule has 0 fully saturated rings. The number of carbonyl (C=O) groups excluding carboxylic acids is 1. The van der Waals surface area contributed by atoms with Gasteiger partial charge in [0.25, 0.3) is 5.91 Å². The number of rotatable bonds is 5. The summed E-state index contributed by atoms with van der Waals surface area (Å²) in [6, 6.07) is 25.1. The predicted molar refractivity (Wildman–Crippen MR) is 99.9 cm³/mol. The summed E-state index contributed by atoms with van der Waals surface area (Å²) in [5.74, 6) is 0.620. The number of hydrogen-bond donors (Lipinski definition) is 1. The second-order valence-electron chi connectivity index (χ2n) is 5.90. The standard InChI is InChI=1S/C22H21NO2/c1-16-8-6-7-11-20(16)21(17-9-4-3-5-10-17)23-22(24)18-12-14-19(25-2)15-13-18/h3-15,21H,1-2H3,(H,23,24)/t21-/m0/s1. The predicted octanol–water partition coefficient (Wildman–Crippen LogP) is 4.52. The summed E-state index contributed by atoms with van der Waals surface area (Å²) >= 11 is 0. The molecule has 0 radical (unpaired) electrons. The number of ether oxygens (including phenoxy) is 1. The molecule has 0 heterocycles. The first-order valence-corrected chi connectivity index (χ1v) is 8.24. The van der Waals surface area contributed by atoms with Gasteiger partial charge >= 0.3 is 0 Å². The topological polar surface area (TPSA) is 38.3 Å². The zero-order chi connectivity index (χ0) is 17.6. The third-order valence-electron chi connectivity index (χ3n) is 4.26. The van der Waals surface area contributed by atoms with Crippen LogP contribution in [0.2, 0.25) is 0 Å². The second-order valence-corrected chi connectivity index (χ2v) is 5.90. The van der Waals surface area contributed by atoms with Gasteiger partial charge in [-0.2, -0.15) is 0 Å². The molecule has 3 aromatic rings. The van der Waals surface area contributed by atoms with Crippen molar-refractivity contribution in [2.24, 2.45) is 0 Å². The average molecular weight is 331 g/mol. The van der Waals surface area contributed by atoms with Crippen LogP contribution in [0.25, 0.3) is 0 Å². The zero-order valence-electron chi connectivity index (χ0n) is 14.4. The highest BCUT2D eigenvalue weighted by atomic mass is 16.5. The van der Waals surface area contributed by atoms with Crippen LogP contribution in [0.5, 0.6) is 5.75 Å². The molecule has 0 aliphatic heterocycles. The summed E-state index contributed by atoms with van der Waals surface area (Å²) in [6.45, 7) is 2.06. The fraction of sp³-hybridized carbons (Fsp3) is 0.136. The van der Waals surface area contributed by atoms with Gasteiger partial charge in [-0.1, -0.05) is 54.6 Å². The van der Waals surface area contributed by atoms with E-state index in [-0.39, 0.29) is 11.9 Å². The van der Waals surface area contributed by atoms with E-state index in [1.165, 1.54) is 0 Å². The Balaban J connectivity index is 1.92. The molecule has 1 amide bonds. The van der Waals surface area contributed by atoms with E-state index in [1.807, 2.05) is 42.5 Å². The molecule has 0 aromatic heterocycles. The van der Waals surface area contributed by atoms with Gasteiger partial charge in [-0.05, 0) is 47.9 Å². The largest absolute Gasteiger partial charge is 0.497 e. The quantitative estimate of drug-likeness (QED) is 0.746. The van der Waals surface area contributed by atoms with Crippen LogP contribution in [-0.2, 0) is 0 Å². The third-order valence-corrected chi connectivity index (χ3v) is 4.26. The number of aryl methyl sites for hydroxylation is 1. The van der Waals surface area contributed by atoms with E-state index in [4.69, 9.17) is 4.74 Å². The first-order valence-electron chi connectivity index (χ1n) is 8.24. The highest BCUT2D eigenvalue weighted by molar-refractivity contribution is 5.94. The smallest absolute Gasteiger partial charge is 0.252 e. The van der Waals surface area contributed by atoms with E-state index < -0.39 is 0 Å². The minimum atomic E-state index is -0.197. The Morgan fingerprint density at radius 1 is 0.880 bits per heavy atom. The Hall–Kier alpha value is -3.07. The monoisotopic (exact) mass is 331 g/mol. The normalized spacial score (nSPS) is 11.6. The van der Waals surface area contributed by atoms with Gasteiger partial charge in [0.1, 0.15) is 5.75 Å². The summed E-state index contributed by atoms with van der Waals surface area (Å²) in [6.07, 6.45) is 0. The Labute approximate surface area is 148 Å². The molecule has 126 valence electrons. The van der Waals surface area contributed by atoms with E-state index in [1.54, 1.807) is 31.4 Å². The lowest BCUT2D eigenvalue weighted by Crippen LogP contribution is -2.29. The van der Waals surface area contributed by atoms with Crippen molar-refractivity contribution in [3.8, 4) is 5.75 Å². The van der Waals surface area contributed by atoms with Gasteiger partial charge in [0.15, 0.2) is 0 Å². The third kappa shape index (κ3) is 3.89. The average Bonchev–Trinajstić information content (AvgIpc) is 2.67. The van der Waals surface area contributed by atoms with Crippen molar-refractivity contribution in [3.05, 3.63) is 101 Å². The number of benzene rings is 3. The van der Waals surface area contributed by atoms with Gasteiger partial charge in [-0.25, -0.2) is 0 Å². The Morgan fingerprint density at radius 3 is 2.16 bits per heavy atom. The van der Waals surface area contributed by atoms with Crippen LogP contribution in [-0.4, -0.2) is 13.0 Å². The molecule has 0 unspecified atom stereocenters. The molecule has 1 N–H and O–H groups in total. The van der Waals surface area contributed by atoms with E-state index in [0.717, 1.165) is 22.4 Å². The molecule has 0 saturated carbocycles. The zero-order valence-corrected chi connectivity index (χ0v) is 14.4. The molecule has 0 bridgehead atoms. The molecule has 0 saturated heterocycles. The Morgan fingerprint density at radius 2 is 1.52 bits per heavy atom. The SMILES string of the molecule is COc1ccc(C(=O)N[C@@H](c2ccccc2)c2ccccc2C)cc1. The Kier molecular flexibility index (Phi) is 5.14. The van der Waals surface area contributed by atoms with Gasteiger partial charge in [0, 0.05) is 5.56 Å². The number of carbonyl (C=O) groups is 1. The van der Waals surface area contributed by atoms with Crippen LogP contribution in [0, 0.1) is 6.92 Å². The molecular formula is C22H21NO2. The van der Waals surface area contributed by atoms with Crippen LogP contribution < -0.4 is 10.1 Å². The number of amides is 1. The molecule has 3 heteroatoms. The van der Waals surface area contributed by atoms with E-state index >= 15 is 0 Å². The van der Waals surface area contributed by atoms with E-state index in [9.17, 15) is 4.79 Å². The molecule has 0 spiro atoms. The highest BCUT2D eigenvalue weighted by Crippen LogP contribution is 2.25. The van der Waals surface area contributed by atoms with Crippen LogP contribution in [0.15, 0.2) is 78.9 Å². The number of methoxy groups -OCH3 is 1. The van der Waals surface area contributed by atoms with Gasteiger partial charge in [0.05, 0.1) is 13.2 Å². The van der Waals surface area contributed by atoms with E-state index in [2.05, 4.69) is 24.4 Å². The summed E-state index contributed by atoms with van der Waals surface area (Å²) in [5.41, 5.74) is 3.90. The molecule has 25 heavy (non-hydrogen) atoms. The highest BCUT2D eigenvalue weighted by Gasteiger charge is 2.19. The van der Waals surface area contributed by atoms with Crippen molar-refractivity contribution < 1.29 is 9.53 Å². The molecular weight excluding hydrogens is 310 g/mol. The Bertz CT molecular complexity index is 841. The van der Waals surface area contributed by atoms with Crippen molar-refractivity contribution in [1.29, 1.82) is 0 Å². The number of nitrogens with one attached hydrogen (secondary N) is 1. The van der Waals surface area contributed by atoms with Crippen molar-refractivity contribution in [2.75, 3.05) is 7.11 Å². The van der Waals surface area contributed by atoms with Crippen LogP contribution >= 0.6 is 0 Å². The lowest BCUT2D eigenvalue weighted by Gasteiger charge is -2.22. The van der Waals surface area contributed by atoms with Gasteiger partial charge < -0.3 is 10.1 Å². The summed E-state index contributed by atoms with van der Waals surface area (Å²) in [7, 11) is 1.61. The van der Waals surface area contributed by atoms with Crippen LogP contribution in [0.1, 0.15) is 33.1 Å². The first kappa shape index (κ1) is 16.8. The van der Waals surface area contributed by atoms with Crippen LogP contribution in [0.4, 0.5) is 0 Å². The minimum Gasteiger partial charge on any atom is -0.497 e. The fourth-order valence-electron chi connectivity index (χ4n) is 2.85. The fourth-order valence-corrected chi connectivity index (χ4v) is 2.85. The number of hydrogen-bond acceptors (Lipinski definition) is 2. The molecule has 0 aliphatic carbocycles. The molecule has 0 aliphatic rings. The molecule has 3 nitrogen and oxygen atoms in total. The molecule has 3 rings (SSSR count). The maximum Gasteiger partial charge on any atom is 0.252 e. The van der Waals surface area contributed by atoms with Crippen molar-refractivity contribution in [2.45, 2.75) is 13.0 Å². The lowest BCUT2D eigenvalue weighted by molar-refractivity contribution is 0.0943. The molecule has 3 aromatic carbocycles. The first-order chi connectivity index (χ1) is 12.2. The van der Waals surface area contributed by atoms with Gasteiger partial charge in [-0.15, -0.1) is 0 Å². The maximum atomic E-state index is 12.8.